The highest BCUT2D eigenvalue weighted by Gasteiger charge is 2.25. The molecular weight excluding hydrogens is 196 g/mol. The van der Waals surface area contributed by atoms with Crippen molar-refractivity contribution in [2.75, 3.05) is 24.6 Å². The molecule has 0 bridgehead atoms. The van der Waals surface area contributed by atoms with Gasteiger partial charge in [0.1, 0.15) is 0 Å². The Labute approximate surface area is 89.4 Å². The summed E-state index contributed by atoms with van der Waals surface area (Å²) in [5.41, 5.74) is 0. The van der Waals surface area contributed by atoms with Crippen molar-refractivity contribution < 1.29 is 4.79 Å². The fraction of sp³-hybridized carbons (Fsp3) is 0.900. The quantitative estimate of drug-likeness (QED) is 0.707. The van der Waals surface area contributed by atoms with E-state index >= 15 is 0 Å². The average Bonchev–Trinajstić information content (AvgIpc) is 2.72. The summed E-state index contributed by atoms with van der Waals surface area (Å²) in [5, 5.41) is 6.46. The molecular formula is C10H18N2OS. The fourth-order valence-corrected chi connectivity index (χ4v) is 3.26. The predicted molar refractivity (Wildman–Crippen MR) is 59.5 cm³/mol. The van der Waals surface area contributed by atoms with Gasteiger partial charge in [-0.1, -0.05) is 0 Å². The minimum atomic E-state index is 0.280. The Morgan fingerprint density at radius 2 is 2.36 bits per heavy atom. The molecule has 0 saturated carbocycles. The SMILES string of the molecule is O=C(N[C@@H]1CCCNC1)C1CCSC1. The first-order valence-corrected chi connectivity index (χ1v) is 6.60. The van der Waals surface area contributed by atoms with Crippen molar-refractivity contribution in [1.82, 2.24) is 10.6 Å². The summed E-state index contributed by atoms with van der Waals surface area (Å²) in [5.74, 6) is 2.73. The van der Waals surface area contributed by atoms with Crippen molar-refractivity contribution in [1.29, 1.82) is 0 Å². The second kappa shape index (κ2) is 5.03. The summed E-state index contributed by atoms with van der Waals surface area (Å²) in [6.45, 7) is 2.05. The van der Waals surface area contributed by atoms with Crippen LogP contribution in [0.15, 0.2) is 0 Å². The maximum atomic E-state index is 11.8. The highest BCUT2D eigenvalue weighted by molar-refractivity contribution is 7.99. The van der Waals surface area contributed by atoms with Crippen LogP contribution in [-0.2, 0) is 4.79 Å². The zero-order valence-electron chi connectivity index (χ0n) is 8.42. The summed E-state index contributed by atoms with van der Waals surface area (Å²) >= 11 is 1.90. The number of hydrogen-bond donors (Lipinski definition) is 2. The molecule has 0 aromatic heterocycles. The molecule has 2 heterocycles. The van der Waals surface area contributed by atoms with Gasteiger partial charge in [0.05, 0.1) is 0 Å². The summed E-state index contributed by atoms with van der Waals surface area (Å²) < 4.78 is 0. The zero-order valence-corrected chi connectivity index (χ0v) is 9.24. The normalized spacial score (nSPS) is 32.9. The van der Waals surface area contributed by atoms with Crippen molar-refractivity contribution in [3.05, 3.63) is 0 Å². The smallest absolute Gasteiger partial charge is 0.224 e. The van der Waals surface area contributed by atoms with E-state index < -0.39 is 0 Å². The molecule has 0 aromatic carbocycles. The lowest BCUT2D eigenvalue weighted by molar-refractivity contribution is -0.125. The number of carbonyl (C=O) groups excluding carboxylic acids is 1. The van der Waals surface area contributed by atoms with E-state index in [9.17, 15) is 4.79 Å². The van der Waals surface area contributed by atoms with Gasteiger partial charge < -0.3 is 10.6 Å². The summed E-state index contributed by atoms with van der Waals surface area (Å²) in [7, 11) is 0. The Balaban J connectivity index is 1.75. The Bertz CT molecular complexity index is 198. The van der Waals surface area contributed by atoms with Crippen LogP contribution >= 0.6 is 11.8 Å². The lowest BCUT2D eigenvalue weighted by Gasteiger charge is -2.25. The van der Waals surface area contributed by atoms with E-state index in [1.54, 1.807) is 0 Å². The molecule has 0 radical (unpaired) electrons. The summed E-state index contributed by atoms with van der Waals surface area (Å²) in [6, 6.07) is 0.377. The Morgan fingerprint density at radius 1 is 1.43 bits per heavy atom. The van der Waals surface area contributed by atoms with Gasteiger partial charge in [0.25, 0.3) is 0 Å². The van der Waals surface area contributed by atoms with E-state index in [1.807, 2.05) is 11.8 Å². The van der Waals surface area contributed by atoms with E-state index in [0.717, 1.165) is 37.4 Å². The van der Waals surface area contributed by atoms with Crippen LogP contribution in [0.3, 0.4) is 0 Å². The fourth-order valence-electron chi connectivity index (χ4n) is 2.04. The van der Waals surface area contributed by atoms with Gasteiger partial charge in [-0.15, -0.1) is 0 Å². The number of nitrogens with one attached hydrogen (secondary N) is 2. The van der Waals surface area contributed by atoms with Crippen LogP contribution in [0.2, 0.25) is 0 Å². The average molecular weight is 214 g/mol. The van der Waals surface area contributed by atoms with Crippen LogP contribution in [0, 0.1) is 5.92 Å². The van der Waals surface area contributed by atoms with E-state index in [4.69, 9.17) is 0 Å². The minimum absolute atomic E-state index is 0.280. The van der Waals surface area contributed by atoms with E-state index in [0.29, 0.717) is 6.04 Å². The van der Waals surface area contributed by atoms with Gasteiger partial charge in [-0.05, 0) is 31.6 Å². The van der Waals surface area contributed by atoms with E-state index in [2.05, 4.69) is 10.6 Å². The molecule has 2 N–H and O–H groups in total. The molecule has 80 valence electrons. The molecule has 0 aliphatic carbocycles. The maximum absolute atomic E-state index is 11.8. The number of carbonyl (C=O) groups is 1. The minimum Gasteiger partial charge on any atom is -0.352 e. The van der Waals surface area contributed by atoms with Gasteiger partial charge in [0.2, 0.25) is 5.91 Å². The van der Waals surface area contributed by atoms with Crippen LogP contribution in [0.5, 0.6) is 0 Å². The first kappa shape index (κ1) is 10.3. The second-order valence-corrected chi connectivity index (χ2v) is 5.26. The molecule has 14 heavy (non-hydrogen) atoms. The van der Waals surface area contributed by atoms with Crippen LogP contribution in [0.1, 0.15) is 19.3 Å². The Morgan fingerprint density at radius 3 is 3.00 bits per heavy atom. The predicted octanol–water partition coefficient (Wildman–Crippen LogP) is 0.608. The summed E-state index contributed by atoms with van der Waals surface area (Å²) in [4.78, 5) is 11.8. The van der Waals surface area contributed by atoms with Crippen LogP contribution < -0.4 is 10.6 Å². The third kappa shape index (κ3) is 2.64. The van der Waals surface area contributed by atoms with Gasteiger partial charge in [0.15, 0.2) is 0 Å². The Kier molecular flexibility index (Phi) is 3.70. The highest BCUT2D eigenvalue weighted by Crippen LogP contribution is 2.23. The van der Waals surface area contributed by atoms with Gasteiger partial charge in [-0.3, -0.25) is 4.79 Å². The standard InChI is InChI=1S/C10H18N2OS/c13-10(8-3-5-14-7-8)12-9-2-1-4-11-6-9/h8-9,11H,1-7H2,(H,12,13)/t8?,9-/m1/s1. The monoisotopic (exact) mass is 214 g/mol. The molecule has 0 aromatic rings. The van der Waals surface area contributed by atoms with Crippen LogP contribution in [-0.4, -0.2) is 36.5 Å². The van der Waals surface area contributed by atoms with E-state index in [1.165, 1.54) is 6.42 Å². The number of amides is 1. The molecule has 2 atom stereocenters. The van der Waals surface area contributed by atoms with Crippen molar-refractivity contribution in [3.63, 3.8) is 0 Å². The lowest BCUT2D eigenvalue weighted by Crippen LogP contribution is -2.47. The third-order valence-corrected chi connectivity index (χ3v) is 4.11. The number of piperidine rings is 1. The first-order valence-electron chi connectivity index (χ1n) is 5.45. The molecule has 3 nitrogen and oxygen atoms in total. The summed E-state index contributed by atoms with van der Waals surface area (Å²) in [6.07, 6.45) is 3.39. The van der Waals surface area contributed by atoms with Gasteiger partial charge in [-0.2, -0.15) is 11.8 Å². The van der Waals surface area contributed by atoms with Gasteiger partial charge >= 0.3 is 0 Å². The molecule has 2 saturated heterocycles. The zero-order chi connectivity index (χ0) is 9.80. The highest BCUT2D eigenvalue weighted by atomic mass is 32.2. The van der Waals surface area contributed by atoms with E-state index in [-0.39, 0.29) is 11.8 Å². The van der Waals surface area contributed by atoms with Crippen LogP contribution in [0.25, 0.3) is 0 Å². The molecule has 2 fully saturated rings. The molecule has 1 amide bonds. The number of thioether (sulfide) groups is 1. The van der Waals surface area contributed by atoms with Crippen molar-refractivity contribution >= 4 is 17.7 Å². The molecule has 0 spiro atoms. The molecule has 2 aliphatic rings. The first-order chi connectivity index (χ1) is 6.86. The maximum Gasteiger partial charge on any atom is 0.224 e. The lowest BCUT2D eigenvalue weighted by atomic mass is 10.0. The third-order valence-electron chi connectivity index (χ3n) is 2.94. The molecule has 2 aliphatic heterocycles. The van der Waals surface area contributed by atoms with Crippen molar-refractivity contribution in [3.8, 4) is 0 Å². The Hall–Kier alpha value is -0.220. The molecule has 2 rings (SSSR count). The number of rotatable bonds is 2. The molecule has 4 heteroatoms. The largest absolute Gasteiger partial charge is 0.352 e. The number of hydrogen-bond acceptors (Lipinski definition) is 3. The van der Waals surface area contributed by atoms with Gasteiger partial charge in [0, 0.05) is 24.3 Å². The van der Waals surface area contributed by atoms with Crippen molar-refractivity contribution in [2.45, 2.75) is 25.3 Å². The second-order valence-electron chi connectivity index (χ2n) is 4.11. The van der Waals surface area contributed by atoms with Crippen LogP contribution in [0.4, 0.5) is 0 Å². The van der Waals surface area contributed by atoms with Crippen molar-refractivity contribution in [2.24, 2.45) is 5.92 Å². The van der Waals surface area contributed by atoms with Gasteiger partial charge in [-0.25, -0.2) is 0 Å². The topological polar surface area (TPSA) is 41.1 Å². The molecule has 1 unspecified atom stereocenters.